The van der Waals surface area contributed by atoms with Gasteiger partial charge < -0.3 is 0 Å². The number of carbonyl (C=O) groups is 2. The van der Waals surface area contributed by atoms with Crippen molar-refractivity contribution >= 4 is 29.2 Å². The van der Waals surface area contributed by atoms with Crippen molar-refractivity contribution in [3.63, 3.8) is 0 Å². The SMILES string of the molecule is CC1=C(C#N)C(=O)N(C)C(=O)C1=Cc1ccc(C)s1. The summed E-state index contributed by atoms with van der Waals surface area (Å²) in [4.78, 5) is 27.0. The number of nitrogens with zero attached hydrogens (tertiary/aromatic N) is 2. The largest absolute Gasteiger partial charge is 0.277 e. The quantitative estimate of drug-likeness (QED) is 0.582. The molecule has 4 nitrogen and oxygen atoms in total. The molecule has 0 aliphatic carbocycles. The molecular formula is C14H12N2O2S. The van der Waals surface area contributed by atoms with Crippen LogP contribution >= 0.6 is 11.3 Å². The Morgan fingerprint density at radius 2 is 1.95 bits per heavy atom. The highest BCUT2D eigenvalue weighted by atomic mass is 32.1. The van der Waals surface area contributed by atoms with Gasteiger partial charge in [0.25, 0.3) is 11.8 Å². The molecule has 1 aliphatic rings. The highest BCUT2D eigenvalue weighted by Gasteiger charge is 2.32. The Hall–Kier alpha value is -2.19. The number of hydrogen-bond donors (Lipinski definition) is 0. The molecule has 2 amide bonds. The monoisotopic (exact) mass is 272 g/mol. The van der Waals surface area contributed by atoms with Crippen molar-refractivity contribution in [3.8, 4) is 6.07 Å². The molecule has 19 heavy (non-hydrogen) atoms. The molecular weight excluding hydrogens is 260 g/mol. The van der Waals surface area contributed by atoms with Crippen LogP contribution in [0.15, 0.2) is 28.9 Å². The predicted molar refractivity (Wildman–Crippen MR) is 73.1 cm³/mol. The van der Waals surface area contributed by atoms with Crippen molar-refractivity contribution < 1.29 is 9.59 Å². The van der Waals surface area contributed by atoms with Crippen LogP contribution in [0.2, 0.25) is 0 Å². The molecule has 1 aromatic heterocycles. The Bertz CT molecular complexity index is 674. The normalized spacial score (nSPS) is 18.2. The molecule has 0 saturated heterocycles. The van der Waals surface area contributed by atoms with Crippen LogP contribution < -0.4 is 0 Å². The Labute approximate surface area is 115 Å². The van der Waals surface area contributed by atoms with E-state index in [1.54, 1.807) is 24.3 Å². The van der Waals surface area contributed by atoms with Gasteiger partial charge in [-0.15, -0.1) is 11.3 Å². The number of aryl methyl sites for hydroxylation is 1. The molecule has 2 rings (SSSR count). The molecule has 0 saturated carbocycles. The minimum absolute atomic E-state index is 0.0293. The summed E-state index contributed by atoms with van der Waals surface area (Å²) in [6, 6.07) is 5.75. The van der Waals surface area contributed by atoms with Gasteiger partial charge in [-0.05, 0) is 37.6 Å². The van der Waals surface area contributed by atoms with E-state index in [0.29, 0.717) is 11.1 Å². The van der Waals surface area contributed by atoms with Crippen LogP contribution in [0.25, 0.3) is 6.08 Å². The molecule has 1 aliphatic heterocycles. The predicted octanol–water partition coefficient (Wildman–Crippen LogP) is 2.28. The summed E-state index contributed by atoms with van der Waals surface area (Å²) >= 11 is 1.56. The fraction of sp³-hybridized carbons (Fsp3) is 0.214. The topological polar surface area (TPSA) is 61.2 Å². The van der Waals surface area contributed by atoms with Gasteiger partial charge >= 0.3 is 0 Å². The summed E-state index contributed by atoms with van der Waals surface area (Å²) < 4.78 is 0. The number of amides is 2. The van der Waals surface area contributed by atoms with Crippen molar-refractivity contribution in [1.29, 1.82) is 5.26 Å². The minimum atomic E-state index is -0.537. The maximum absolute atomic E-state index is 12.1. The Morgan fingerprint density at radius 1 is 1.26 bits per heavy atom. The first-order valence-corrected chi connectivity index (χ1v) is 6.49. The zero-order valence-corrected chi connectivity index (χ0v) is 11.7. The molecule has 0 unspecified atom stereocenters. The van der Waals surface area contributed by atoms with Crippen molar-refractivity contribution in [2.75, 3.05) is 7.05 Å². The van der Waals surface area contributed by atoms with Gasteiger partial charge in [-0.1, -0.05) is 0 Å². The van der Waals surface area contributed by atoms with Crippen LogP contribution in [-0.2, 0) is 9.59 Å². The standard InChI is InChI=1S/C14H12N2O2S/c1-8-4-5-10(19-8)6-11-9(2)12(7-15)14(18)16(3)13(11)17/h4-6H,1-3H3. The van der Waals surface area contributed by atoms with Crippen LogP contribution in [0.5, 0.6) is 0 Å². The number of imide groups is 1. The summed E-state index contributed by atoms with van der Waals surface area (Å²) in [5, 5.41) is 9.03. The third-order valence-electron chi connectivity index (χ3n) is 2.99. The summed E-state index contributed by atoms with van der Waals surface area (Å²) in [6.07, 6.45) is 1.73. The zero-order chi connectivity index (χ0) is 14.2. The molecule has 0 N–H and O–H groups in total. The van der Waals surface area contributed by atoms with Gasteiger partial charge in [0.05, 0.1) is 0 Å². The average molecular weight is 272 g/mol. The minimum Gasteiger partial charge on any atom is -0.277 e. The van der Waals surface area contributed by atoms with Crippen LogP contribution in [-0.4, -0.2) is 23.8 Å². The van der Waals surface area contributed by atoms with Gasteiger partial charge in [0.2, 0.25) is 0 Å². The van der Waals surface area contributed by atoms with E-state index in [2.05, 4.69) is 0 Å². The first kappa shape index (κ1) is 13.2. The van der Waals surface area contributed by atoms with E-state index in [1.807, 2.05) is 25.1 Å². The van der Waals surface area contributed by atoms with E-state index in [0.717, 1.165) is 14.7 Å². The first-order valence-electron chi connectivity index (χ1n) is 5.67. The van der Waals surface area contributed by atoms with Gasteiger partial charge in [-0.25, -0.2) is 0 Å². The molecule has 0 aromatic carbocycles. The lowest BCUT2D eigenvalue weighted by atomic mass is 9.95. The van der Waals surface area contributed by atoms with Gasteiger partial charge in [-0.3, -0.25) is 14.5 Å². The summed E-state index contributed by atoms with van der Waals surface area (Å²) in [5.41, 5.74) is 0.879. The number of nitriles is 1. The molecule has 0 atom stereocenters. The van der Waals surface area contributed by atoms with Gasteiger partial charge in [0, 0.05) is 22.4 Å². The second-order valence-corrected chi connectivity index (χ2v) is 5.61. The van der Waals surface area contributed by atoms with Crippen LogP contribution in [0.4, 0.5) is 0 Å². The summed E-state index contributed by atoms with van der Waals surface area (Å²) in [6.45, 7) is 3.61. The fourth-order valence-corrected chi connectivity index (χ4v) is 2.69. The van der Waals surface area contributed by atoms with Gasteiger partial charge in [0.15, 0.2) is 0 Å². The van der Waals surface area contributed by atoms with E-state index in [9.17, 15) is 9.59 Å². The lowest BCUT2D eigenvalue weighted by Gasteiger charge is -2.23. The first-order chi connectivity index (χ1) is 8.95. The highest BCUT2D eigenvalue weighted by Crippen LogP contribution is 2.27. The second-order valence-electron chi connectivity index (χ2n) is 4.29. The van der Waals surface area contributed by atoms with E-state index in [4.69, 9.17) is 5.26 Å². The molecule has 5 heteroatoms. The fourth-order valence-electron chi connectivity index (χ4n) is 1.87. The Morgan fingerprint density at radius 3 is 2.47 bits per heavy atom. The molecule has 0 spiro atoms. The Kier molecular flexibility index (Phi) is 3.36. The zero-order valence-electron chi connectivity index (χ0n) is 10.9. The maximum Gasteiger partial charge on any atom is 0.271 e. The average Bonchev–Trinajstić information content (AvgIpc) is 2.79. The maximum atomic E-state index is 12.1. The number of rotatable bonds is 1. The molecule has 0 fully saturated rings. The third-order valence-corrected chi connectivity index (χ3v) is 3.94. The number of thiophene rings is 1. The molecule has 0 radical (unpaired) electrons. The van der Waals surface area contributed by atoms with E-state index in [-0.39, 0.29) is 11.5 Å². The van der Waals surface area contributed by atoms with Crippen molar-refractivity contribution in [2.24, 2.45) is 0 Å². The number of likely N-dealkylation sites (N-methyl/N-ethyl adjacent to an activating group) is 1. The smallest absolute Gasteiger partial charge is 0.271 e. The van der Waals surface area contributed by atoms with Crippen LogP contribution in [0.1, 0.15) is 16.7 Å². The second kappa shape index (κ2) is 4.82. The van der Waals surface area contributed by atoms with E-state index in [1.165, 1.54) is 7.05 Å². The van der Waals surface area contributed by atoms with Crippen LogP contribution in [0, 0.1) is 18.3 Å². The van der Waals surface area contributed by atoms with Gasteiger partial charge in [-0.2, -0.15) is 5.26 Å². The van der Waals surface area contributed by atoms with Crippen LogP contribution in [0.3, 0.4) is 0 Å². The molecule has 0 bridgehead atoms. The highest BCUT2D eigenvalue weighted by molar-refractivity contribution is 7.12. The Balaban J connectivity index is 2.58. The van der Waals surface area contributed by atoms with Crippen molar-refractivity contribution in [3.05, 3.63) is 38.6 Å². The van der Waals surface area contributed by atoms with Crippen molar-refractivity contribution in [2.45, 2.75) is 13.8 Å². The number of carbonyl (C=O) groups excluding carboxylic acids is 2. The van der Waals surface area contributed by atoms with Gasteiger partial charge in [0.1, 0.15) is 11.6 Å². The molecule has 96 valence electrons. The summed E-state index contributed by atoms with van der Waals surface area (Å²) in [5.74, 6) is -0.905. The third kappa shape index (κ3) is 2.23. The lowest BCUT2D eigenvalue weighted by molar-refractivity contribution is -0.138. The molecule has 1 aromatic rings. The van der Waals surface area contributed by atoms with E-state index >= 15 is 0 Å². The van der Waals surface area contributed by atoms with Crippen molar-refractivity contribution in [1.82, 2.24) is 4.90 Å². The van der Waals surface area contributed by atoms with E-state index < -0.39 is 5.91 Å². The molecule has 2 heterocycles. The lowest BCUT2D eigenvalue weighted by Crippen LogP contribution is -2.39. The summed E-state index contributed by atoms with van der Waals surface area (Å²) in [7, 11) is 1.39. The number of hydrogen-bond acceptors (Lipinski definition) is 4.